The number of rotatable bonds is 8. The van der Waals surface area contributed by atoms with Gasteiger partial charge in [0.1, 0.15) is 11.4 Å². The van der Waals surface area contributed by atoms with Crippen molar-refractivity contribution in [3.63, 3.8) is 0 Å². The summed E-state index contributed by atoms with van der Waals surface area (Å²) in [5, 5.41) is 23.0. The number of nitro groups is 1. The Morgan fingerprint density at radius 1 is 1.53 bits per heavy atom. The molecule has 1 aromatic rings. The van der Waals surface area contributed by atoms with Crippen LogP contribution in [0.15, 0.2) is 18.2 Å². The lowest BCUT2D eigenvalue weighted by Gasteiger charge is -2.15. The summed E-state index contributed by atoms with van der Waals surface area (Å²) in [6.07, 6.45) is 1.60. The minimum absolute atomic E-state index is 0.00167. The number of hydrogen-bond donors (Lipinski definition) is 2. The molecular weight excluding hydrogens is 248 g/mol. The molecule has 0 bridgehead atoms. The van der Waals surface area contributed by atoms with E-state index in [1.54, 1.807) is 12.1 Å². The Morgan fingerprint density at radius 2 is 2.26 bits per heavy atom. The third-order valence-corrected chi connectivity index (χ3v) is 3.10. The lowest BCUT2D eigenvalue weighted by Crippen LogP contribution is -2.15. The molecule has 1 atom stereocenters. The number of benzene rings is 1. The van der Waals surface area contributed by atoms with Crippen LogP contribution in [0.3, 0.4) is 0 Å². The molecule has 0 radical (unpaired) electrons. The Morgan fingerprint density at radius 3 is 2.79 bits per heavy atom. The Balaban J connectivity index is 2.79. The quantitative estimate of drug-likeness (QED) is 0.558. The molecule has 0 aliphatic rings. The van der Waals surface area contributed by atoms with E-state index in [1.807, 2.05) is 6.92 Å². The molecule has 0 spiro atoms. The maximum Gasteiger partial charge on any atom is 0.296 e. The maximum absolute atomic E-state index is 11.0. The second kappa shape index (κ2) is 7.58. The van der Waals surface area contributed by atoms with E-state index in [9.17, 15) is 10.1 Å². The molecule has 0 aliphatic heterocycles. The molecule has 2 N–H and O–H groups in total. The van der Waals surface area contributed by atoms with Crippen molar-refractivity contribution in [3.05, 3.63) is 28.3 Å². The Labute approximate surface area is 112 Å². The minimum atomic E-state index is -0.433. The monoisotopic (exact) mass is 268 g/mol. The maximum atomic E-state index is 11.0. The molecule has 0 aromatic heterocycles. The van der Waals surface area contributed by atoms with Crippen LogP contribution in [-0.2, 0) is 0 Å². The van der Waals surface area contributed by atoms with Crippen LogP contribution in [0.5, 0.6) is 5.75 Å². The number of methoxy groups -OCH3 is 1. The molecule has 106 valence electrons. The number of anilines is 1. The summed E-state index contributed by atoms with van der Waals surface area (Å²) in [4.78, 5) is 10.6. The van der Waals surface area contributed by atoms with E-state index in [0.29, 0.717) is 30.3 Å². The van der Waals surface area contributed by atoms with Crippen molar-refractivity contribution < 1.29 is 14.8 Å². The normalized spacial score (nSPS) is 11.9. The predicted molar refractivity (Wildman–Crippen MR) is 73.6 cm³/mol. The van der Waals surface area contributed by atoms with Gasteiger partial charge in [0.25, 0.3) is 5.69 Å². The third-order valence-electron chi connectivity index (χ3n) is 3.10. The smallest absolute Gasteiger partial charge is 0.296 e. The molecule has 0 saturated carbocycles. The number of aliphatic hydroxyl groups is 1. The highest BCUT2D eigenvalue weighted by molar-refractivity contribution is 5.63. The van der Waals surface area contributed by atoms with Crippen LogP contribution in [0.4, 0.5) is 11.4 Å². The lowest BCUT2D eigenvalue weighted by atomic mass is 10.0. The van der Waals surface area contributed by atoms with E-state index in [0.717, 1.165) is 6.42 Å². The summed E-state index contributed by atoms with van der Waals surface area (Å²) in [5.41, 5.74) is 0.473. The summed E-state index contributed by atoms with van der Waals surface area (Å²) in [7, 11) is 1.47. The second-order valence-electron chi connectivity index (χ2n) is 4.31. The van der Waals surface area contributed by atoms with Crippen LogP contribution in [-0.4, -0.2) is 30.3 Å². The SMILES string of the molecule is CCC(CCO)CNc1ccc(OC)cc1[N+](=O)[O-]. The van der Waals surface area contributed by atoms with Gasteiger partial charge in [0.05, 0.1) is 18.1 Å². The summed E-state index contributed by atoms with van der Waals surface area (Å²) in [5.74, 6) is 0.756. The molecule has 0 heterocycles. The van der Waals surface area contributed by atoms with Crippen molar-refractivity contribution in [1.29, 1.82) is 0 Å². The van der Waals surface area contributed by atoms with Gasteiger partial charge in [0.2, 0.25) is 0 Å². The molecule has 6 nitrogen and oxygen atoms in total. The number of nitrogens with zero attached hydrogens (tertiary/aromatic N) is 1. The molecule has 1 aromatic carbocycles. The van der Waals surface area contributed by atoms with Gasteiger partial charge >= 0.3 is 0 Å². The standard InChI is InChI=1S/C13H20N2O4/c1-3-10(6-7-16)9-14-12-5-4-11(19-2)8-13(12)15(17)18/h4-5,8,10,14,16H,3,6-7,9H2,1-2H3. The van der Waals surface area contributed by atoms with Gasteiger partial charge in [-0.3, -0.25) is 10.1 Å². The van der Waals surface area contributed by atoms with Gasteiger partial charge in [-0.2, -0.15) is 0 Å². The van der Waals surface area contributed by atoms with Crippen LogP contribution in [0, 0.1) is 16.0 Å². The largest absolute Gasteiger partial charge is 0.496 e. The molecular formula is C13H20N2O4. The Bertz CT molecular complexity index is 423. The first kappa shape index (κ1) is 15.2. The van der Waals surface area contributed by atoms with Crippen LogP contribution >= 0.6 is 0 Å². The average Bonchev–Trinajstić information content (AvgIpc) is 2.43. The van der Waals surface area contributed by atoms with Crippen LogP contribution in [0.2, 0.25) is 0 Å². The summed E-state index contributed by atoms with van der Waals surface area (Å²) in [6.45, 7) is 2.76. The fourth-order valence-electron chi connectivity index (χ4n) is 1.83. The topological polar surface area (TPSA) is 84.6 Å². The first-order chi connectivity index (χ1) is 9.12. The molecule has 1 unspecified atom stereocenters. The second-order valence-corrected chi connectivity index (χ2v) is 4.31. The van der Waals surface area contributed by atoms with E-state index >= 15 is 0 Å². The number of ether oxygens (including phenoxy) is 1. The lowest BCUT2D eigenvalue weighted by molar-refractivity contribution is -0.384. The van der Waals surface area contributed by atoms with E-state index < -0.39 is 4.92 Å². The minimum Gasteiger partial charge on any atom is -0.496 e. The average molecular weight is 268 g/mol. The molecule has 6 heteroatoms. The van der Waals surface area contributed by atoms with Gasteiger partial charge in [-0.25, -0.2) is 0 Å². The van der Waals surface area contributed by atoms with Crippen molar-refractivity contribution in [2.24, 2.45) is 5.92 Å². The molecule has 0 fully saturated rings. The van der Waals surface area contributed by atoms with Crippen molar-refractivity contribution in [3.8, 4) is 5.75 Å². The van der Waals surface area contributed by atoms with Gasteiger partial charge < -0.3 is 15.2 Å². The predicted octanol–water partition coefficient (Wildman–Crippen LogP) is 2.42. The van der Waals surface area contributed by atoms with Gasteiger partial charge in [0.15, 0.2) is 0 Å². The van der Waals surface area contributed by atoms with Gasteiger partial charge in [-0.1, -0.05) is 13.3 Å². The Hall–Kier alpha value is -1.82. The molecule has 0 aliphatic carbocycles. The highest BCUT2D eigenvalue weighted by atomic mass is 16.6. The summed E-state index contributed by atoms with van der Waals surface area (Å²) in [6, 6.07) is 4.72. The van der Waals surface area contributed by atoms with Crippen LogP contribution in [0.1, 0.15) is 19.8 Å². The first-order valence-corrected chi connectivity index (χ1v) is 6.29. The van der Waals surface area contributed by atoms with Crippen molar-refractivity contribution in [2.45, 2.75) is 19.8 Å². The highest BCUT2D eigenvalue weighted by Gasteiger charge is 2.16. The van der Waals surface area contributed by atoms with Gasteiger partial charge in [0, 0.05) is 13.2 Å². The summed E-state index contributed by atoms with van der Waals surface area (Å²) < 4.78 is 4.98. The summed E-state index contributed by atoms with van der Waals surface area (Å²) >= 11 is 0. The first-order valence-electron chi connectivity index (χ1n) is 6.29. The Kier molecular flexibility index (Phi) is 6.08. The molecule has 1 rings (SSSR count). The number of nitrogens with one attached hydrogen (secondary N) is 1. The highest BCUT2D eigenvalue weighted by Crippen LogP contribution is 2.29. The number of hydrogen-bond acceptors (Lipinski definition) is 5. The zero-order valence-corrected chi connectivity index (χ0v) is 11.3. The van der Waals surface area contributed by atoms with Crippen molar-refractivity contribution in [2.75, 3.05) is 25.6 Å². The third kappa shape index (κ3) is 4.40. The van der Waals surface area contributed by atoms with Crippen LogP contribution < -0.4 is 10.1 Å². The van der Waals surface area contributed by atoms with E-state index in [1.165, 1.54) is 13.2 Å². The van der Waals surface area contributed by atoms with Crippen molar-refractivity contribution in [1.82, 2.24) is 0 Å². The molecule has 19 heavy (non-hydrogen) atoms. The number of nitro benzene ring substituents is 1. The fourth-order valence-corrected chi connectivity index (χ4v) is 1.83. The van der Waals surface area contributed by atoms with E-state index in [4.69, 9.17) is 9.84 Å². The van der Waals surface area contributed by atoms with Crippen LogP contribution in [0.25, 0.3) is 0 Å². The van der Waals surface area contributed by atoms with Gasteiger partial charge in [-0.05, 0) is 24.5 Å². The van der Waals surface area contributed by atoms with Gasteiger partial charge in [-0.15, -0.1) is 0 Å². The fraction of sp³-hybridized carbons (Fsp3) is 0.538. The van der Waals surface area contributed by atoms with Crippen molar-refractivity contribution >= 4 is 11.4 Å². The van der Waals surface area contributed by atoms with E-state index in [2.05, 4.69) is 5.32 Å². The molecule has 0 saturated heterocycles. The molecule has 0 amide bonds. The number of aliphatic hydroxyl groups excluding tert-OH is 1. The zero-order chi connectivity index (χ0) is 14.3. The zero-order valence-electron chi connectivity index (χ0n) is 11.3. The van der Waals surface area contributed by atoms with E-state index in [-0.39, 0.29) is 12.3 Å².